The zero-order chi connectivity index (χ0) is 17.2. The minimum absolute atomic E-state index is 0.277. The molecule has 0 saturated heterocycles. The Hall–Kier alpha value is -2.83. The number of carbonyl (C=O) groups is 2. The van der Waals surface area contributed by atoms with Gasteiger partial charge in [0.15, 0.2) is 0 Å². The van der Waals surface area contributed by atoms with Crippen molar-refractivity contribution in [2.45, 2.75) is 32.1 Å². The average molecular weight is 328 g/mol. The minimum atomic E-state index is -0.608. The van der Waals surface area contributed by atoms with Crippen LogP contribution < -0.4 is 10.9 Å². The molecule has 0 atom stereocenters. The third-order valence-corrected chi connectivity index (χ3v) is 3.86. The van der Waals surface area contributed by atoms with Gasteiger partial charge < -0.3 is 0 Å². The van der Waals surface area contributed by atoms with Gasteiger partial charge in [0.1, 0.15) is 0 Å². The summed E-state index contributed by atoms with van der Waals surface area (Å²) in [5.74, 6) is -0.428. The van der Waals surface area contributed by atoms with Crippen molar-refractivity contribution in [1.82, 2.24) is 10.9 Å². The van der Waals surface area contributed by atoms with Gasteiger partial charge in [-0.3, -0.25) is 9.59 Å². The summed E-state index contributed by atoms with van der Waals surface area (Å²) in [6.45, 7) is 0. The molecule has 1 saturated carbocycles. The molecular formula is C17H20N4O3. The predicted molar refractivity (Wildman–Crippen MR) is 91.9 cm³/mol. The molecule has 1 fully saturated rings. The van der Waals surface area contributed by atoms with E-state index < -0.39 is 5.91 Å². The number of nitrogens with zero attached hydrogens (tertiary/aromatic N) is 2. The Morgan fingerprint density at radius 3 is 2.42 bits per heavy atom. The summed E-state index contributed by atoms with van der Waals surface area (Å²) in [7, 11) is 0. The van der Waals surface area contributed by atoms with Crippen molar-refractivity contribution in [3.8, 4) is 0 Å². The first-order valence-electron chi connectivity index (χ1n) is 7.93. The summed E-state index contributed by atoms with van der Waals surface area (Å²) < 4.78 is 0. The second-order valence-corrected chi connectivity index (χ2v) is 5.64. The van der Waals surface area contributed by atoms with Gasteiger partial charge in [0.25, 0.3) is 11.8 Å². The van der Waals surface area contributed by atoms with Crippen LogP contribution in [0.2, 0.25) is 0 Å². The molecule has 0 heterocycles. The Kier molecular flexibility index (Phi) is 6.82. The van der Waals surface area contributed by atoms with Crippen LogP contribution >= 0.6 is 0 Å². The van der Waals surface area contributed by atoms with Crippen molar-refractivity contribution >= 4 is 24.1 Å². The summed E-state index contributed by atoms with van der Waals surface area (Å²) in [5, 5.41) is 6.32. The molecule has 2 rings (SSSR count). The van der Waals surface area contributed by atoms with Gasteiger partial charge in [-0.25, -0.2) is 10.9 Å². The van der Waals surface area contributed by atoms with E-state index >= 15 is 0 Å². The molecule has 126 valence electrons. The standard InChI is InChI=1S/C17H20N4O3/c22-16(19-21-24)11-8-13-6-9-15(10-7-13)17(23)20-18-12-14-4-2-1-3-5-14/h6-12,14H,1-5H2,(H,20,23)(H,19,22,24). The molecule has 1 aliphatic rings. The molecule has 0 aromatic heterocycles. The number of carbonyl (C=O) groups excluding carboxylic acids is 2. The highest BCUT2D eigenvalue weighted by Gasteiger charge is 2.11. The van der Waals surface area contributed by atoms with Crippen molar-refractivity contribution in [2.24, 2.45) is 16.3 Å². The quantitative estimate of drug-likeness (QED) is 0.363. The third-order valence-electron chi connectivity index (χ3n) is 3.86. The maximum atomic E-state index is 12.0. The molecule has 1 aromatic rings. The normalized spacial score (nSPS) is 15.5. The monoisotopic (exact) mass is 328 g/mol. The number of hydrazone groups is 1. The predicted octanol–water partition coefficient (Wildman–Crippen LogP) is 2.79. The molecule has 7 nitrogen and oxygen atoms in total. The molecule has 0 bridgehead atoms. The van der Waals surface area contributed by atoms with Gasteiger partial charge in [-0.1, -0.05) is 31.4 Å². The number of nitroso groups, excluding NO2 is 1. The van der Waals surface area contributed by atoms with Gasteiger partial charge in [-0.05, 0) is 42.5 Å². The van der Waals surface area contributed by atoms with E-state index in [1.807, 2.05) is 6.21 Å². The van der Waals surface area contributed by atoms with E-state index in [2.05, 4.69) is 15.8 Å². The maximum Gasteiger partial charge on any atom is 0.271 e. The number of benzene rings is 1. The summed E-state index contributed by atoms with van der Waals surface area (Å²) in [5.41, 5.74) is 5.49. The fourth-order valence-corrected chi connectivity index (χ4v) is 2.55. The lowest BCUT2D eigenvalue weighted by Gasteiger charge is -2.16. The summed E-state index contributed by atoms with van der Waals surface area (Å²) >= 11 is 0. The molecule has 1 aliphatic carbocycles. The molecule has 2 N–H and O–H groups in total. The van der Waals surface area contributed by atoms with Crippen LogP contribution in [0.1, 0.15) is 48.0 Å². The van der Waals surface area contributed by atoms with Gasteiger partial charge in [-0.2, -0.15) is 5.10 Å². The molecular weight excluding hydrogens is 308 g/mol. The Morgan fingerprint density at radius 1 is 1.04 bits per heavy atom. The number of nitrogens with one attached hydrogen (secondary N) is 2. The second-order valence-electron chi connectivity index (χ2n) is 5.64. The molecule has 0 unspecified atom stereocenters. The Morgan fingerprint density at radius 2 is 1.75 bits per heavy atom. The van der Waals surface area contributed by atoms with Crippen LogP contribution in [0.25, 0.3) is 6.08 Å². The van der Waals surface area contributed by atoms with Gasteiger partial charge in [-0.15, -0.1) is 4.91 Å². The number of rotatable bonds is 6. The molecule has 7 heteroatoms. The van der Waals surface area contributed by atoms with Crippen LogP contribution in [0.15, 0.2) is 40.7 Å². The fourth-order valence-electron chi connectivity index (χ4n) is 2.55. The zero-order valence-electron chi connectivity index (χ0n) is 13.3. The van der Waals surface area contributed by atoms with Crippen molar-refractivity contribution in [3.05, 3.63) is 46.4 Å². The number of hydrogen-bond donors (Lipinski definition) is 2. The first-order chi connectivity index (χ1) is 11.7. The topological polar surface area (TPSA) is 100.0 Å². The van der Waals surface area contributed by atoms with E-state index in [0.717, 1.165) is 18.4 Å². The largest absolute Gasteiger partial charge is 0.271 e. The Balaban J connectivity index is 1.85. The molecule has 0 spiro atoms. The SMILES string of the molecule is O=NNC(=O)C=Cc1ccc(C(=O)NN=CC2CCCCC2)cc1. The zero-order valence-corrected chi connectivity index (χ0v) is 13.3. The third kappa shape index (κ3) is 5.75. The van der Waals surface area contributed by atoms with Gasteiger partial charge >= 0.3 is 0 Å². The first-order valence-corrected chi connectivity index (χ1v) is 7.93. The van der Waals surface area contributed by atoms with Crippen molar-refractivity contribution in [2.75, 3.05) is 0 Å². The van der Waals surface area contributed by atoms with E-state index in [1.54, 1.807) is 29.7 Å². The lowest BCUT2D eigenvalue weighted by Crippen LogP contribution is -2.19. The van der Waals surface area contributed by atoms with Gasteiger partial charge in [0, 0.05) is 17.9 Å². The van der Waals surface area contributed by atoms with Crippen molar-refractivity contribution in [1.29, 1.82) is 0 Å². The molecule has 2 amide bonds. The van der Waals surface area contributed by atoms with Crippen molar-refractivity contribution in [3.63, 3.8) is 0 Å². The van der Waals surface area contributed by atoms with E-state index in [-0.39, 0.29) is 5.91 Å². The van der Waals surface area contributed by atoms with Crippen molar-refractivity contribution < 1.29 is 9.59 Å². The highest BCUT2D eigenvalue weighted by atomic mass is 16.3. The summed E-state index contributed by atoms with van der Waals surface area (Å²) in [6.07, 6.45) is 10.5. The molecule has 0 radical (unpaired) electrons. The summed E-state index contributed by atoms with van der Waals surface area (Å²) in [4.78, 5) is 32.9. The lowest BCUT2D eigenvalue weighted by atomic mass is 9.90. The van der Waals surface area contributed by atoms with Crippen LogP contribution in [0, 0.1) is 10.8 Å². The van der Waals surface area contributed by atoms with E-state index in [1.165, 1.54) is 31.4 Å². The first kappa shape index (κ1) is 17.5. The van der Waals surface area contributed by atoms with E-state index in [4.69, 9.17) is 0 Å². The van der Waals surface area contributed by atoms with E-state index in [9.17, 15) is 14.5 Å². The Labute approximate surface area is 140 Å². The van der Waals surface area contributed by atoms with Crippen LogP contribution in [0.4, 0.5) is 0 Å². The number of hydrogen-bond acceptors (Lipinski definition) is 5. The van der Waals surface area contributed by atoms with Crippen LogP contribution in [0.5, 0.6) is 0 Å². The molecule has 1 aromatic carbocycles. The van der Waals surface area contributed by atoms with Crippen LogP contribution in [-0.2, 0) is 4.79 Å². The van der Waals surface area contributed by atoms with Crippen LogP contribution in [-0.4, -0.2) is 18.0 Å². The molecule has 24 heavy (non-hydrogen) atoms. The van der Waals surface area contributed by atoms with Crippen LogP contribution in [0.3, 0.4) is 0 Å². The second kappa shape index (κ2) is 9.34. The highest BCUT2D eigenvalue weighted by molar-refractivity contribution is 5.95. The van der Waals surface area contributed by atoms with E-state index in [0.29, 0.717) is 11.5 Å². The minimum Gasteiger partial charge on any atom is -0.268 e. The van der Waals surface area contributed by atoms with Gasteiger partial charge in [0.2, 0.25) is 0 Å². The molecule has 0 aliphatic heterocycles. The average Bonchev–Trinajstić information content (AvgIpc) is 2.61. The van der Waals surface area contributed by atoms with Gasteiger partial charge in [0.05, 0.1) is 5.29 Å². The lowest BCUT2D eigenvalue weighted by molar-refractivity contribution is -0.116. The summed E-state index contributed by atoms with van der Waals surface area (Å²) in [6, 6.07) is 6.66. The highest BCUT2D eigenvalue weighted by Crippen LogP contribution is 2.21. The fraction of sp³-hybridized carbons (Fsp3) is 0.353. The smallest absolute Gasteiger partial charge is 0.268 e. The maximum absolute atomic E-state index is 12.0. The number of amides is 2. The Bertz CT molecular complexity index is 632.